The topological polar surface area (TPSA) is 15.3 Å². The third-order valence-electron chi connectivity index (χ3n) is 4.27. The van der Waals surface area contributed by atoms with Crippen LogP contribution in [0.4, 0.5) is 5.69 Å². The smallest absolute Gasteiger partial charge is 0.0415 e. The van der Waals surface area contributed by atoms with E-state index in [0.717, 1.165) is 24.7 Å². The van der Waals surface area contributed by atoms with E-state index in [1.165, 1.54) is 43.4 Å². The summed E-state index contributed by atoms with van der Waals surface area (Å²) in [5.41, 5.74) is 2.69. The number of halogens is 1. The van der Waals surface area contributed by atoms with Gasteiger partial charge in [-0.05, 0) is 50.1 Å². The van der Waals surface area contributed by atoms with E-state index in [-0.39, 0.29) is 0 Å². The molecule has 1 N–H and O–H groups in total. The molecule has 0 amide bonds. The summed E-state index contributed by atoms with van der Waals surface area (Å²) in [7, 11) is 0. The molecule has 0 aromatic heterocycles. The first kappa shape index (κ1) is 15.7. The van der Waals surface area contributed by atoms with E-state index in [4.69, 9.17) is 11.6 Å². The van der Waals surface area contributed by atoms with Crippen molar-refractivity contribution in [1.82, 2.24) is 5.32 Å². The fraction of sp³-hybridized carbons (Fsp3) is 0.647. The summed E-state index contributed by atoms with van der Waals surface area (Å²) in [6.07, 6.45) is 6.81. The van der Waals surface area contributed by atoms with Crippen molar-refractivity contribution >= 4 is 17.3 Å². The average molecular weight is 295 g/mol. The quantitative estimate of drug-likeness (QED) is 0.824. The fourth-order valence-electron chi connectivity index (χ4n) is 3.25. The largest absolute Gasteiger partial charge is 0.369 e. The molecular weight excluding hydrogens is 268 g/mol. The maximum atomic E-state index is 6.18. The van der Waals surface area contributed by atoms with E-state index in [2.05, 4.69) is 36.2 Å². The van der Waals surface area contributed by atoms with Gasteiger partial charge in [-0.1, -0.05) is 37.8 Å². The van der Waals surface area contributed by atoms with Gasteiger partial charge in [-0.3, -0.25) is 0 Å². The molecule has 20 heavy (non-hydrogen) atoms. The molecule has 0 unspecified atom stereocenters. The Morgan fingerprint density at radius 3 is 2.60 bits per heavy atom. The molecule has 0 radical (unpaired) electrons. The zero-order valence-electron chi connectivity index (χ0n) is 12.8. The molecule has 1 aromatic carbocycles. The number of hydrogen-bond acceptors (Lipinski definition) is 2. The predicted octanol–water partition coefficient (Wildman–Crippen LogP) is 4.61. The van der Waals surface area contributed by atoms with E-state index in [1.807, 2.05) is 6.07 Å². The first-order chi connectivity index (χ1) is 9.76. The Balaban J connectivity index is 2.22. The zero-order chi connectivity index (χ0) is 14.4. The standard InChI is InChI=1S/C17H27ClN2/c1-3-19-13-14-12-15(18)10-11-17(14)20(4-2)16-8-6-5-7-9-16/h10-12,16,19H,3-9,13H2,1-2H3. The SMILES string of the molecule is CCNCc1cc(Cl)ccc1N(CC)C1CCCCC1. The van der Waals surface area contributed by atoms with Gasteiger partial charge in [0.1, 0.15) is 0 Å². The molecule has 1 aliphatic carbocycles. The molecule has 1 fully saturated rings. The summed E-state index contributed by atoms with van der Waals surface area (Å²) in [6.45, 7) is 7.37. The minimum absolute atomic E-state index is 0.704. The van der Waals surface area contributed by atoms with Gasteiger partial charge < -0.3 is 10.2 Å². The third kappa shape index (κ3) is 3.89. The van der Waals surface area contributed by atoms with E-state index < -0.39 is 0 Å². The van der Waals surface area contributed by atoms with Crippen molar-refractivity contribution in [1.29, 1.82) is 0 Å². The van der Waals surface area contributed by atoms with Crippen LogP contribution >= 0.6 is 11.6 Å². The van der Waals surface area contributed by atoms with Gasteiger partial charge in [0.05, 0.1) is 0 Å². The van der Waals surface area contributed by atoms with Crippen LogP contribution in [0.2, 0.25) is 5.02 Å². The number of nitrogens with zero attached hydrogens (tertiary/aromatic N) is 1. The third-order valence-corrected chi connectivity index (χ3v) is 4.51. The Hall–Kier alpha value is -0.730. The van der Waals surface area contributed by atoms with Gasteiger partial charge in [0.15, 0.2) is 0 Å². The van der Waals surface area contributed by atoms with E-state index >= 15 is 0 Å². The summed E-state index contributed by atoms with van der Waals surface area (Å²) in [4.78, 5) is 2.59. The highest BCUT2D eigenvalue weighted by Gasteiger charge is 2.22. The molecule has 2 nitrogen and oxygen atoms in total. The van der Waals surface area contributed by atoms with Gasteiger partial charge in [-0.15, -0.1) is 0 Å². The predicted molar refractivity (Wildman–Crippen MR) is 88.7 cm³/mol. The van der Waals surface area contributed by atoms with Crippen LogP contribution in [0.5, 0.6) is 0 Å². The average Bonchev–Trinajstić information content (AvgIpc) is 2.49. The number of hydrogen-bond donors (Lipinski definition) is 1. The van der Waals surface area contributed by atoms with Gasteiger partial charge in [-0.2, -0.15) is 0 Å². The second-order valence-electron chi connectivity index (χ2n) is 5.63. The molecule has 0 atom stereocenters. The van der Waals surface area contributed by atoms with Crippen LogP contribution in [-0.4, -0.2) is 19.1 Å². The molecular formula is C17H27ClN2. The highest BCUT2D eigenvalue weighted by Crippen LogP contribution is 2.31. The maximum absolute atomic E-state index is 6.18. The van der Waals surface area contributed by atoms with Gasteiger partial charge in [-0.25, -0.2) is 0 Å². The normalized spacial score (nSPS) is 16.4. The van der Waals surface area contributed by atoms with Crippen molar-refractivity contribution in [3.8, 4) is 0 Å². The van der Waals surface area contributed by atoms with Gasteiger partial charge >= 0.3 is 0 Å². The Bertz CT molecular complexity index is 413. The summed E-state index contributed by atoms with van der Waals surface area (Å²) < 4.78 is 0. The molecule has 0 saturated heterocycles. The molecule has 1 saturated carbocycles. The lowest BCUT2D eigenvalue weighted by Crippen LogP contribution is -2.37. The molecule has 1 aliphatic rings. The zero-order valence-corrected chi connectivity index (χ0v) is 13.5. The van der Waals surface area contributed by atoms with Crippen LogP contribution in [0.1, 0.15) is 51.5 Å². The summed E-state index contributed by atoms with van der Waals surface area (Å²) >= 11 is 6.18. The molecule has 2 rings (SSSR count). The van der Waals surface area contributed by atoms with Crippen LogP contribution in [0.25, 0.3) is 0 Å². The van der Waals surface area contributed by atoms with Gasteiger partial charge in [0.2, 0.25) is 0 Å². The summed E-state index contributed by atoms with van der Waals surface area (Å²) in [5.74, 6) is 0. The van der Waals surface area contributed by atoms with Crippen molar-refractivity contribution in [2.45, 2.75) is 58.5 Å². The Morgan fingerprint density at radius 1 is 1.20 bits per heavy atom. The highest BCUT2D eigenvalue weighted by molar-refractivity contribution is 6.30. The lowest BCUT2D eigenvalue weighted by Gasteiger charge is -2.36. The summed E-state index contributed by atoms with van der Waals surface area (Å²) in [5, 5.41) is 4.26. The number of rotatable bonds is 6. The molecule has 1 aromatic rings. The van der Waals surface area contributed by atoms with Crippen LogP contribution in [0.15, 0.2) is 18.2 Å². The Labute approximate surface area is 128 Å². The van der Waals surface area contributed by atoms with Crippen LogP contribution < -0.4 is 10.2 Å². The molecule has 0 heterocycles. The highest BCUT2D eigenvalue weighted by atomic mass is 35.5. The van der Waals surface area contributed by atoms with Crippen molar-refractivity contribution in [3.05, 3.63) is 28.8 Å². The van der Waals surface area contributed by atoms with E-state index in [0.29, 0.717) is 6.04 Å². The fourth-order valence-corrected chi connectivity index (χ4v) is 3.45. The molecule has 0 spiro atoms. The second-order valence-corrected chi connectivity index (χ2v) is 6.07. The van der Waals surface area contributed by atoms with Crippen molar-refractivity contribution in [2.24, 2.45) is 0 Å². The molecule has 0 bridgehead atoms. The lowest BCUT2D eigenvalue weighted by atomic mass is 9.93. The summed E-state index contributed by atoms with van der Waals surface area (Å²) in [6, 6.07) is 7.05. The minimum Gasteiger partial charge on any atom is -0.369 e. The van der Waals surface area contributed by atoms with E-state index in [1.54, 1.807) is 0 Å². The second kappa shape index (κ2) is 7.90. The van der Waals surface area contributed by atoms with Gasteiger partial charge in [0, 0.05) is 29.8 Å². The maximum Gasteiger partial charge on any atom is 0.0415 e. The van der Waals surface area contributed by atoms with Gasteiger partial charge in [0.25, 0.3) is 0 Å². The van der Waals surface area contributed by atoms with Crippen LogP contribution in [-0.2, 0) is 6.54 Å². The Kier molecular flexibility index (Phi) is 6.18. The monoisotopic (exact) mass is 294 g/mol. The van der Waals surface area contributed by atoms with Crippen molar-refractivity contribution < 1.29 is 0 Å². The molecule has 112 valence electrons. The van der Waals surface area contributed by atoms with Crippen molar-refractivity contribution in [3.63, 3.8) is 0 Å². The number of anilines is 1. The van der Waals surface area contributed by atoms with E-state index in [9.17, 15) is 0 Å². The Morgan fingerprint density at radius 2 is 1.95 bits per heavy atom. The minimum atomic E-state index is 0.704. The van der Waals surface area contributed by atoms with Crippen LogP contribution in [0.3, 0.4) is 0 Å². The molecule has 0 aliphatic heterocycles. The first-order valence-electron chi connectivity index (χ1n) is 8.02. The van der Waals surface area contributed by atoms with Crippen molar-refractivity contribution in [2.75, 3.05) is 18.0 Å². The number of nitrogens with one attached hydrogen (secondary N) is 1. The van der Waals surface area contributed by atoms with Crippen LogP contribution in [0, 0.1) is 0 Å². The lowest BCUT2D eigenvalue weighted by molar-refractivity contribution is 0.417. The first-order valence-corrected chi connectivity index (χ1v) is 8.39. The molecule has 3 heteroatoms. The number of benzene rings is 1.